The lowest BCUT2D eigenvalue weighted by Gasteiger charge is -2.09. The number of carbonyl (C=O) groups excluding carboxylic acids is 1. The molecule has 2 rings (SSSR count). The average molecular weight is 286 g/mol. The molecule has 0 aliphatic rings. The minimum Gasteiger partial charge on any atom is -0.507 e. The fourth-order valence-corrected chi connectivity index (χ4v) is 1.74. The second-order valence-electron chi connectivity index (χ2n) is 4.33. The highest BCUT2D eigenvalue weighted by Crippen LogP contribution is 2.21. The van der Waals surface area contributed by atoms with Gasteiger partial charge in [-0.25, -0.2) is 9.59 Å². The number of rotatable bonds is 4. The second kappa shape index (κ2) is 6.42. The molecule has 0 fully saturated rings. The maximum atomic E-state index is 11.7. The molecule has 0 atom stereocenters. The average Bonchev–Trinajstić information content (AvgIpc) is 2.46. The Morgan fingerprint density at radius 2 is 1.76 bits per heavy atom. The molecule has 6 heteroatoms. The minimum atomic E-state index is -1.23. The maximum Gasteiger partial charge on any atom is 0.339 e. The number of nitrogens with one attached hydrogen (secondary N) is 2. The van der Waals surface area contributed by atoms with E-state index in [1.54, 1.807) is 0 Å². The van der Waals surface area contributed by atoms with Crippen molar-refractivity contribution in [3.8, 4) is 5.75 Å². The molecular formula is C15H14N2O4. The molecule has 0 aliphatic heterocycles. The molecule has 108 valence electrons. The summed E-state index contributed by atoms with van der Waals surface area (Å²) in [5.41, 5.74) is 1.05. The van der Waals surface area contributed by atoms with Gasteiger partial charge in [-0.05, 0) is 17.7 Å². The smallest absolute Gasteiger partial charge is 0.339 e. The first kappa shape index (κ1) is 14.4. The van der Waals surface area contributed by atoms with Gasteiger partial charge >= 0.3 is 12.0 Å². The Hall–Kier alpha value is -3.02. The van der Waals surface area contributed by atoms with E-state index in [0.29, 0.717) is 12.2 Å². The molecular weight excluding hydrogens is 272 g/mol. The number of aromatic hydroxyl groups is 1. The summed E-state index contributed by atoms with van der Waals surface area (Å²) in [5, 5.41) is 23.5. The predicted octanol–water partition coefficient (Wildman–Crippen LogP) is 2.41. The number of hydrogen-bond donors (Lipinski definition) is 4. The number of amides is 2. The van der Waals surface area contributed by atoms with Crippen molar-refractivity contribution in [2.75, 3.05) is 5.32 Å². The van der Waals surface area contributed by atoms with Gasteiger partial charge in [0, 0.05) is 18.3 Å². The first-order valence-electron chi connectivity index (χ1n) is 6.21. The standard InChI is InChI=1S/C15H14N2O4/c18-13-8-11(6-7-12(13)14(19)20)17-15(21)16-9-10-4-2-1-3-5-10/h1-8,18H,9H2,(H,19,20)(H2,16,17,21). The van der Waals surface area contributed by atoms with E-state index >= 15 is 0 Å². The van der Waals surface area contributed by atoms with Crippen molar-refractivity contribution in [3.63, 3.8) is 0 Å². The fraction of sp³-hybridized carbons (Fsp3) is 0.0667. The lowest BCUT2D eigenvalue weighted by molar-refractivity contribution is 0.0694. The normalized spacial score (nSPS) is 9.90. The third kappa shape index (κ3) is 3.97. The summed E-state index contributed by atoms with van der Waals surface area (Å²) in [5.74, 6) is -1.63. The van der Waals surface area contributed by atoms with E-state index in [2.05, 4.69) is 10.6 Å². The number of carboxylic acids is 1. The second-order valence-corrected chi connectivity index (χ2v) is 4.33. The van der Waals surface area contributed by atoms with Gasteiger partial charge < -0.3 is 20.8 Å². The van der Waals surface area contributed by atoms with E-state index in [9.17, 15) is 14.7 Å². The largest absolute Gasteiger partial charge is 0.507 e. The highest BCUT2D eigenvalue weighted by Gasteiger charge is 2.10. The van der Waals surface area contributed by atoms with Crippen molar-refractivity contribution in [1.82, 2.24) is 5.32 Å². The maximum absolute atomic E-state index is 11.7. The Morgan fingerprint density at radius 1 is 1.05 bits per heavy atom. The van der Waals surface area contributed by atoms with Gasteiger partial charge in [-0.15, -0.1) is 0 Å². The summed E-state index contributed by atoms with van der Waals surface area (Å²) in [6, 6.07) is 12.8. The Labute approximate surface area is 121 Å². The number of carboxylic acid groups (broad SMARTS) is 1. The van der Waals surface area contributed by atoms with E-state index in [4.69, 9.17) is 5.11 Å². The topological polar surface area (TPSA) is 98.7 Å². The molecule has 0 spiro atoms. The lowest BCUT2D eigenvalue weighted by atomic mass is 10.2. The summed E-state index contributed by atoms with van der Waals surface area (Å²) in [6.07, 6.45) is 0. The van der Waals surface area contributed by atoms with E-state index in [0.717, 1.165) is 5.56 Å². The molecule has 0 heterocycles. The van der Waals surface area contributed by atoms with Crippen molar-refractivity contribution >= 4 is 17.7 Å². The van der Waals surface area contributed by atoms with E-state index < -0.39 is 17.7 Å². The molecule has 0 unspecified atom stereocenters. The minimum absolute atomic E-state index is 0.217. The van der Waals surface area contributed by atoms with Crippen molar-refractivity contribution in [2.45, 2.75) is 6.54 Å². The first-order chi connectivity index (χ1) is 10.1. The van der Waals surface area contributed by atoms with Crippen LogP contribution in [0.4, 0.5) is 10.5 Å². The van der Waals surface area contributed by atoms with Gasteiger partial charge in [-0.3, -0.25) is 0 Å². The molecule has 21 heavy (non-hydrogen) atoms. The van der Waals surface area contributed by atoms with Gasteiger partial charge in [-0.1, -0.05) is 30.3 Å². The zero-order valence-corrected chi connectivity index (χ0v) is 11.0. The molecule has 0 saturated carbocycles. The number of phenols is 1. The molecule has 0 aliphatic carbocycles. The number of aromatic carboxylic acids is 1. The van der Waals surface area contributed by atoms with Gasteiger partial charge in [0.2, 0.25) is 0 Å². The van der Waals surface area contributed by atoms with Gasteiger partial charge in [0.15, 0.2) is 0 Å². The third-order valence-corrected chi connectivity index (χ3v) is 2.78. The van der Waals surface area contributed by atoms with Crippen molar-refractivity contribution in [3.05, 3.63) is 59.7 Å². The zero-order chi connectivity index (χ0) is 15.2. The molecule has 2 aromatic rings. The molecule has 0 radical (unpaired) electrons. The fourth-order valence-electron chi connectivity index (χ4n) is 1.74. The van der Waals surface area contributed by atoms with Gasteiger partial charge in [0.05, 0.1) is 0 Å². The van der Waals surface area contributed by atoms with Crippen LogP contribution in [0.2, 0.25) is 0 Å². The van der Waals surface area contributed by atoms with Crippen LogP contribution in [0.3, 0.4) is 0 Å². The van der Waals surface area contributed by atoms with Crippen LogP contribution in [0.5, 0.6) is 5.75 Å². The molecule has 0 bridgehead atoms. The van der Waals surface area contributed by atoms with Gasteiger partial charge in [0.1, 0.15) is 11.3 Å². The van der Waals surface area contributed by atoms with Crippen LogP contribution in [-0.2, 0) is 6.54 Å². The molecule has 4 N–H and O–H groups in total. The molecule has 2 aromatic carbocycles. The highest BCUT2D eigenvalue weighted by atomic mass is 16.4. The van der Waals surface area contributed by atoms with Crippen LogP contribution < -0.4 is 10.6 Å². The summed E-state index contributed by atoms with van der Waals surface area (Å²) >= 11 is 0. The summed E-state index contributed by atoms with van der Waals surface area (Å²) in [6.45, 7) is 0.367. The molecule has 6 nitrogen and oxygen atoms in total. The highest BCUT2D eigenvalue weighted by molar-refractivity contribution is 5.93. The molecule has 0 saturated heterocycles. The quantitative estimate of drug-likeness (QED) is 0.693. The van der Waals surface area contributed by atoms with Crippen LogP contribution in [-0.4, -0.2) is 22.2 Å². The Balaban J connectivity index is 1.94. The molecule has 2 amide bonds. The summed E-state index contributed by atoms with van der Waals surface area (Å²) < 4.78 is 0. The third-order valence-electron chi connectivity index (χ3n) is 2.78. The SMILES string of the molecule is O=C(NCc1ccccc1)Nc1ccc(C(=O)O)c(O)c1. The lowest BCUT2D eigenvalue weighted by Crippen LogP contribution is -2.28. The van der Waals surface area contributed by atoms with E-state index in [1.807, 2.05) is 30.3 Å². The number of urea groups is 1. The van der Waals surface area contributed by atoms with Crippen molar-refractivity contribution in [2.24, 2.45) is 0 Å². The van der Waals surface area contributed by atoms with Crippen LogP contribution in [0, 0.1) is 0 Å². The van der Waals surface area contributed by atoms with Crippen LogP contribution in [0.1, 0.15) is 15.9 Å². The Morgan fingerprint density at radius 3 is 2.38 bits per heavy atom. The van der Waals surface area contributed by atoms with Crippen molar-refractivity contribution < 1.29 is 19.8 Å². The number of benzene rings is 2. The zero-order valence-electron chi connectivity index (χ0n) is 11.0. The number of anilines is 1. The van der Waals surface area contributed by atoms with Gasteiger partial charge in [-0.2, -0.15) is 0 Å². The van der Waals surface area contributed by atoms with Crippen molar-refractivity contribution in [1.29, 1.82) is 0 Å². The van der Waals surface area contributed by atoms with E-state index in [-0.39, 0.29) is 5.56 Å². The summed E-state index contributed by atoms with van der Waals surface area (Å²) in [7, 11) is 0. The van der Waals surface area contributed by atoms with Crippen LogP contribution >= 0.6 is 0 Å². The number of hydrogen-bond acceptors (Lipinski definition) is 3. The van der Waals surface area contributed by atoms with E-state index in [1.165, 1.54) is 18.2 Å². The first-order valence-corrected chi connectivity index (χ1v) is 6.21. The predicted molar refractivity (Wildman–Crippen MR) is 77.4 cm³/mol. The van der Waals surface area contributed by atoms with Crippen LogP contribution in [0.25, 0.3) is 0 Å². The molecule has 0 aromatic heterocycles. The number of carbonyl (C=O) groups is 2. The summed E-state index contributed by atoms with van der Waals surface area (Å²) in [4.78, 5) is 22.5. The Bertz CT molecular complexity index is 656. The van der Waals surface area contributed by atoms with Gasteiger partial charge in [0.25, 0.3) is 0 Å². The monoisotopic (exact) mass is 286 g/mol. The van der Waals surface area contributed by atoms with Crippen LogP contribution in [0.15, 0.2) is 48.5 Å². The Kier molecular flexibility index (Phi) is 4.40.